The van der Waals surface area contributed by atoms with Crippen LogP contribution in [-0.4, -0.2) is 54.4 Å². The van der Waals surface area contributed by atoms with Crippen LogP contribution in [0.1, 0.15) is 36.1 Å². The van der Waals surface area contributed by atoms with Crippen molar-refractivity contribution in [3.05, 3.63) is 17.2 Å². The lowest BCUT2D eigenvalue weighted by atomic mass is 10.1. The molecule has 21 heavy (non-hydrogen) atoms. The van der Waals surface area contributed by atoms with Gasteiger partial charge >= 0.3 is 0 Å². The lowest BCUT2D eigenvalue weighted by Crippen LogP contribution is -2.40. The van der Waals surface area contributed by atoms with Crippen LogP contribution in [0.4, 0.5) is 0 Å². The Hall–Kier alpha value is -2.32. The maximum Gasteiger partial charge on any atom is 0.228 e. The summed E-state index contributed by atoms with van der Waals surface area (Å²) in [6.45, 7) is 4.98. The Morgan fingerprint density at radius 1 is 1.29 bits per heavy atom. The summed E-state index contributed by atoms with van der Waals surface area (Å²) in [5, 5.41) is 19.6. The molecule has 0 unspecified atom stereocenters. The third-order valence-electron chi connectivity index (χ3n) is 3.74. The molecular weight excluding hydrogens is 274 g/mol. The van der Waals surface area contributed by atoms with Gasteiger partial charge in [-0.15, -0.1) is 10.2 Å². The van der Waals surface area contributed by atoms with Crippen molar-refractivity contribution in [3.8, 4) is 0 Å². The standard InChI is InChI=1S/C12H17N7O2/c1-8-11(16-21-15-8)7-12(20)18-5-3-10(4-6-18)19-14-9(2)13-17-19/h10H,3-7H2,1-2H3. The van der Waals surface area contributed by atoms with Crippen LogP contribution >= 0.6 is 0 Å². The Bertz CT molecular complexity index is 627. The van der Waals surface area contributed by atoms with Gasteiger partial charge in [-0.3, -0.25) is 4.79 Å². The SMILES string of the molecule is Cc1nnn(C2CCN(C(=O)Cc3nonc3C)CC2)n1. The molecule has 9 nitrogen and oxygen atoms in total. The number of aromatic nitrogens is 6. The van der Waals surface area contributed by atoms with Gasteiger partial charge in [-0.2, -0.15) is 4.80 Å². The first kappa shape index (κ1) is 13.7. The summed E-state index contributed by atoms with van der Waals surface area (Å²) in [6, 6.07) is 0.214. The molecule has 0 bridgehead atoms. The lowest BCUT2D eigenvalue weighted by Gasteiger charge is -2.31. The molecule has 112 valence electrons. The third kappa shape index (κ3) is 2.91. The molecule has 1 saturated heterocycles. The molecule has 0 radical (unpaired) electrons. The van der Waals surface area contributed by atoms with Gasteiger partial charge in [-0.1, -0.05) is 10.3 Å². The highest BCUT2D eigenvalue weighted by Crippen LogP contribution is 2.21. The second kappa shape index (κ2) is 5.58. The van der Waals surface area contributed by atoms with Crippen molar-refractivity contribution in [1.82, 2.24) is 35.4 Å². The predicted molar refractivity (Wildman–Crippen MR) is 70.1 cm³/mol. The minimum absolute atomic E-state index is 0.0509. The first-order valence-corrected chi connectivity index (χ1v) is 6.95. The van der Waals surface area contributed by atoms with Gasteiger partial charge in [0.15, 0.2) is 5.82 Å². The Morgan fingerprint density at radius 2 is 2.05 bits per heavy atom. The number of amides is 1. The van der Waals surface area contributed by atoms with E-state index in [0.29, 0.717) is 30.3 Å². The Balaban J connectivity index is 1.56. The number of carbonyl (C=O) groups is 1. The summed E-state index contributed by atoms with van der Waals surface area (Å²) in [7, 11) is 0. The summed E-state index contributed by atoms with van der Waals surface area (Å²) in [5.74, 6) is 0.720. The predicted octanol–water partition coefficient (Wildman–Crippen LogP) is 0.0791. The molecule has 0 saturated carbocycles. The number of carbonyl (C=O) groups excluding carboxylic acids is 1. The average Bonchev–Trinajstić information content (AvgIpc) is 3.08. The number of likely N-dealkylation sites (tertiary alicyclic amines) is 1. The van der Waals surface area contributed by atoms with Crippen LogP contribution in [-0.2, 0) is 11.2 Å². The molecule has 0 N–H and O–H groups in total. The number of hydrogen-bond acceptors (Lipinski definition) is 7. The average molecular weight is 291 g/mol. The highest BCUT2D eigenvalue weighted by Gasteiger charge is 2.26. The van der Waals surface area contributed by atoms with Gasteiger partial charge in [0, 0.05) is 13.1 Å². The first-order chi connectivity index (χ1) is 10.1. The van der Waals surface area contributed by atoms with E-state index in [1.807, 2.05) is 11.8 Å². The molecule has 1 aliphatic heterocycles. The number of nitrogens with zero attached hydrogens (tertiary/aromatic N) is 7. The van der Waals surface area contributed by atoms with Crippen molar-refractivity contribution in [2.24, 2.45) is 0 Å². The fourth-order valence-electron chi connectivity index (χ4n) is 2.46. The number of rotatable bonds is 3. The van der Waals surface area contributed by atoms with E-state index in [-0.39, 0.29) is 18.4 Å². The van der Waals surface area contributed by atoms with E-state index < -0.39 is 0 Å². The molecule has 1 amide bonds. The fourth-order valence-corrected chi connectivity index (χ4v) is 2.46. The molecule has 1 fully saturated rings. The molecule has 0 aliphatic carbocycles. The van der Waals surface area contributed by atoms with Crippen LogP contribution in [0.5, 0.6) is 0 Å². The van der Waals surface area contributed by atoms with Gasteiger partial charge in [0.05, 0.1) is 12.5 Å². The zero-order valence-electron chi connectivity index (χ0n) is 12.1. The van der Waals surface area contributed by atoms with Crippen LogP contribution in [0.3, 0.4) is 0 Å². The van der Waals surface area contributed by atoms with E-state index in [0.717, 1.165) is 12.8 Å². The summed E-state index contributed by atoms with van der Waals surface area (Å²) in [6.07, 6.45) is 1.90. The number of aryl methyl sites for hydroxylation is 2. The summed E-state index contributed by atoms with van der Waals surface area (Å²) in [4.78, 5) is 15.7. The normalized spacial score (nSPS) is 16.4. The molecule has 3 heterocycles. The van der Waals surface area contributed by atoms with Gasteiger partial charge < -0.3 is 4.90 Å². The number of piperidine rings is 1. The lowest BCUT2D eigenvalue weighted by molar-refractivity contribution is -0.131. The monoisotopic (exact) mass is 291 g/mol. The Kier molecular flexibility index (Phi) is 3.63. The van der Waals surface area contributed by atoms with E-state index in [9.17, 15) is 4.79 Å². The van der Waals surface area contributed by atoms with Gasteiger partial charge in [0.2, 0.25) is 5.91 Å². The minimum Gasteiger partial charge on any atom is -0.342 e. The topological polar surface area (TPSA) is 103 Å². The van der Waals surface area contributed by atoms with Gasteiger partial charge in [-0.05, 0) is 31.9 Å². The van der Waals surface area contributed by atoms with Gasteiger partial charge in [-0.25, -0.2) is 4.63 Å². The zero-order chi connectivity index (χ0) is 14.8. The Morgan fingerprint density at radius 3 is 2.62 bits per heavy atom. The maximum absolute atomic E-state index is 12.2. The molecule has 0 aromatic carbocycles. The van der Waals surface area contributed by atoms with Crippen LogP contribution in [0.15, 0.2) is 4.63 Å². The smallest absolute Gasteiger partial charge is 0.228 e. The molecule has 3 rings (SSSR count). The molecule has 2 aromatic heterocycles. The van der Waals surface area contributed by atoms with Crippen molar-refractivity contribution in [1.29, 1.82) is 0 Å². The fraction of sp³-hybridized carbons (Fsp3) is 0.667. The largest absolute Gasteiger partial charge is 0.342 e. The quantitative estimate of drug-likeness (QED) is 0.788. The van der Waals surface area contributed by atoms with Crippen LogP contribution < -0.4 is 0 Å². The first-order valence-electron chi connectivity index (χ1n) is 6.95. The van der Waals surface area contributed by atoms with Crippen LogP contribution in [0.2, 0.25) is 0 Å². The van der Waals surface area contributed by atoms with Crippen molar-refractivity contribution >= 4 is 5.91 Å². The molecule has 0 spiro atoms. The Labute approximate surface area is 121 Å². The number of tetrazole rings is 1. The molecular formula is C12H17N7O2. The van der Waals surface area contributed by atoms with Crippen LogP contribution in [0, 0.1) is 13.8 Å². The van der Waals surface area contributed by atoms with Crippen molar-refractivity contribution in [2.45, 2.75) is 39.2 Å². The van der Waals surface area contributed by atoms with Crippen LogP contribution in [0.25, 0.3) is 0 Å². The van der Waals surface area contributed by atoms with E-state index in [4.69, 9.17) is 0 Å². The summed E-state index contributed by atoms with van der Waals surface area (Å²) >= 11 is 0. The van der Waals surface area contributed by atoms with E-state index in [1.165, 1.54) is 0 Å². The minimum atomic E-state index is 0.0509. The second-order valence-electron chi connectivity index (χ2n) is 5.24. The number of hydrogen-bond donors (Lipinski definition) is 0. The maximum atomic E-state index is 12.2. The summed E-state index contributed by atoms with van der Waals surface area (Å²) < 4.78 is 4.61. The molecule has 2 aromatic rings. The van der Waals surface area contributed by atoms with Crippen molar-refractivity contribution in [3.63, 3.8) is 0 Å². The highest BCUT2D eigenvalue weighted by molar-refractivity contribution is 5.78. The van der Waals surface area contributed by atoms with Crippen molar-refractivity contribution < 1.29 is 9.42 Å². The zero-order valence-corrected chi connectivity index (χ0v) is 12.1. The molecule has 0 atom stereocenters. The van der Waals surface area contributed by atoms with Crippen molar-refractivity contribution in [2.75, 3.05) is 13.1 Å². The third-order valence-corrected chi connectivity index (χ3v) is 3.74. The van der Waals surface area contributed by atoms with E-state index in [1.54, 1.807) is 11.7 Å². The highest BCUT2D eigenvalue weighted by atomic mass is 16.6. The molecule has 1 aliphatic rings. The summed E-state index contributed by atoms with van der Waals surface area (Å²) in [5.41, 5.74) is 1.27. The van der Waals surface area contributed by atoms with E-state index in [2.05, 4.69) is 30.4 Å². The van der Waals surface area contributed by atoms with E-state index >= 15 is 0 Å². The van der Waals surface area contributed by atoms with Gasteiger partial charge in [0.1, 0.15) is 11.4 Å². The molecule has 9 heteroatoms. The second-order valence-corrected chi connectivity index (χ2v) is 5.24. The van der Waals surface area contributed by atoms with Gasteiger partial charge in [0.25, 0.3) is 0 Å².